The van der Waals surface area contributed by atoms with Gasteiger partial charge in [0, 0.05) is 0 Å². The van der Waals surface area contributed by atoms with Gasteiger partial charge in [0.05, 0.1) is 29.0 Å². The number of rotatable bonds is 3. The van der Waals surface area contributed by atoms with Gasteiger partial charge >= 0.3 is 6.18 Å². The molecule has 2 atom stereocenters. The Morgan fingerprint density at radius 3 is 2.50 bits per heavy atom. The average Bonchev–Trinajstić information content (AvgIpc) is 2.93. The molecule has 2 aliphatic rings. The predicted molar refractivity (Wildman–Crippen MR) is 89.7 cm³/mol. The third kappa shape index (κ3) is 3.72. The van der Waals surface area contributed by atoms with Crippen molar-refractivity contribution in [1.29, 1.82) is 0 Å². The number of hydrogen-bond donors (Lipinski definition) is 1. The van der Waals surface area contributed by atoms with Crippen molar-refractivity contribution in [3.8, 4) is 0 Å². The summed E-state index contributed by atoms with van der Waals surface area (Å²) in [6, 6.07) is 3.51. The number of hydrogen-bond acceptors (Lipinski definition) is 4. The summed E-state index contributed by atoms with van der Waals surface area (Å²) < 4.78 is 39.4. The summed E-state index contributed by atoms with van der Waals surface area (Å²) in [7, 11) is 0. The van der Waals surface area contributed by atoms with Gasteiger partial charge in [0.2, 0.25) is 5.91 Å². The highest BCUT2D eigenvalue weighted by molar-refractivity contribution is 8.14. The lowest BCUT2D eigenvalue weighted by atomic mass is 9.89. The van der Waals surface area contributed by atoms with Gasteiger partial charge in [-0.3, -0.25) is 19.3 Å². The Bertz CT molecular complexity index is 722. The van der Waals surface area contributed by atoms with Crippen LogP contribution in [0.15, 0.2) is 24.3 Å². The van der Waals surface area contributed by atoms with E-state index in [1.807, 2.05) is 0 Å². The molecule has 3 amide bonds. The molecule has 0 radical (unpaired) electrons. The van der Waals surface area contributed by atoms with E-state index < -0.39 is 35.3 Å². The SMILES string of the molecule is O=C(N[C@H]1CCCC[C@H]1N1C(=O)CSC1=O)c1ccccc1C(F)(F)F. The monoisotopic (exact) mass is 386 g/mol. The van der Waals surface area contributed by atoms with Gasteiger partial charge in [-0.1, -0.05) is 36.7 Å². The molecule has 1 aliphatic heterocycles. The summed E-state index contributed by atoms with van der Waals surface area (Å²) in [5, 5.41) is 2.26. The summed E-state index contributed by atoms with van der Waals surface area (Å²) >= 11 is 0.906. The molecule has 2 fully saturated rings. The molecular weight excluding hydrogens is 369 g/mol. The largest absolute Gasteiger partial charge is 0.417 e. The van der Waals surface area contributed by atoms with Crippen LogP contribution in [0.2, 0.25) is 0 Å². The number of alkyl halides is 3. The molecule has 0 spiro atoms. The van der Waals surface area contributed by atoms with Crippen molar-refractivity contribution >= 4 is 28.8 Å². The Kier molecular flexibility index (Phi) is 5.27. The maximum Gasteiger partial charge on any atom is 0.417 e. The molecule has 1 aromatic carbocycles. The van der Waals surface area contributed by atoms with E-state index in [0.29, 0.717) is 12.8 Å². The summed E-state index contributed by atoms with van der Waals surface area (Å²) in [6.45, 7) is 0. The minimum absolute atomic E-state index is 0.0624. The standard InChI is InChI=1S/C17H17F3N2O3S/c18-17(19,20)11-6-2-1-5-10(11)15(24)21-12-7-3-4-8-13(12)22-14(23)9-26-16(22)25/h1-2,5-6,12-13H,3-4,7-9H2,(H,21,24)/t12-,13+/m0/s1. The predicted octanol–water partition coefficient (Wildman–Crippen LogP) is 3.44. The molecule has 0 aromatic heterocycles. The zero-order valence-corrected chi connectivity index (χ0v) is 14.5. The Labute approximate surface area is 152 Å². The second-order valence-electron chi connectivity index (χ2n) is 6.29. The highest BCUT2D eigenvalue weighted by Crippen LogP contribution is 2.33. The molecule has 1 N–H and O–H groups in total. The first-order valence-electron chi connectivity index (χ1n) is 8.25. The van der Waals surface area contributed by atoms with Crippen LogP contribution in [-0.4, -0.2) is 39.8 Å². The molecule has 5 nitrogen and oxygen atoms in total. The van der Waals surface area contributed by atoms with Crippen molar-refractivity contribution < 1.29 is 27.6 Å². The van der Waals surface area contributed by atoms with E-state index in [2.05, 4.69) is 5.32 Å². The zero-order valence-electron chi connectivity index (χ0n) is 13.7. The smallest absolute Gasteiger partial charge is 0.347 e. The van der Waals surface area contributed by atoms with Gasteiger partial charge in [0.15, 0.2) is 0 Å². The molecule has 1 aromatic rings. The molecule has 0 bridgehead atoms. The Morgan fingerprint density at radius 2 is 1.85 bits per heavy atom. The number of nitrogens with one attached hydrogen (secondary N) is 1. The highest BCUT2D eigenvalue weighted by atomic mass is 32.2. The lowest BCUT2D eigenvalue weighted by Gasteiger charge is -2.36. The van der Waals surface area contributed by atoms with Gasteiger partial charge in [-0.15, -0.1) is 0 Å². The third-order valence-corrected chi connectivity index (χ3v) is 5.47. The van der Waals surface area contributed by atoms with Gasteiger partial charge in [-0.05, 0) is 25.0 Å². The van der Waals surface area contributed by atoms with E-state index in [1.165, 1.54) is 12.1 Å². The van der Waals surface area contributed by atoms with E-state index in [-0.39, 0.29) is 16.9 Å². The Hall–Kier alpha value is -2.03. The second kappa shape index (κ2) is 7.30. The van der Waals surface area contributed by atoms with Gasteiger partial charge in [0.1, 0.15) is 0 Å². The van der Waals surface area contributed by atoms with Gasteiger partial charge in [0.25, 0.3) is 11.1 Å². The number of carbonyl (C=O) groups excluding carboxylic acids is 3. The number of amides is 3. The molecule has 1 saturated carbocycles. The molecule has 1 saturated heterocycles. The average molecular weight is 386 g/mol. The number of carbonyl (C=O) groups is 3. The number of nitrogens with zero attached hydrogens (tertiary/aromatic N) is 1. The van der Waals surface area contributed by atoms with Gasteiger partial charge < -0.3 is 5.32 Å². The molecule has 1 aliphatic carbocycles. The van der Waals surface area contributed by atoms with E-state index in [4.69, 9.17) is 0 Å². The van der Waals surface area contributed by atoms with Crippen molar-refractivity contribution in [2.75, 3.05) is 5.75 Å². The van der Waals surface area contributed by atoms with E-state index in [9.17, 15) is 27.6 Å². The van der Waals surface area contributed by atoms with E-state index >= 15 is 0 Å². The molecule has 1 heterocycles. The van der Waals surface area contributed by atoms with Crippen LogP contribution >= 0.6 is 11.8 Å². The molecular formula is C17H17F3N2O3S. The quantitative estimate of drug-likeness (QED) is 0.864. The van der Waals surface area contributed by atoms with Crippen molar-refractivity contribution in [3.05, 3.63) is 35.4 Å². The minimum atomic E-state index is -4.64. The van der Waals surface area contributed by atoms with Gasteiger partial charge in [-0.25, -0.2) is 0 Å². The van der Waals surface area contributed by atoms with Crippen LogP contribution in [0.5, 0.6) is 0 Å². The number of halogens is 3. The van der Waals surface area contributed by atoms with Crippen molar-refractivity contribution in [2.24, 2.45) is 0 Å². The van der Waals surface area contributed by atoms with E-state index in [1.54, 1.807) is 0 Å². The first kappa shape index (κ1) is 18.8. The summed E-state index contributed by atoms with van der Waals surface area (Å²) in [4.78, 5) is 37.6. The first-order chi connectivity index (χ1) is 12.3. The normalized spacial score (nSPS) is 24.0. The molecule has 9 heteroatoms. The first-order valence-corrected chi connectivity index (χ1v) is 9.23. The second-order valence-corrected chi connectivity index (χ2v) is 7.22. The molecule has 140 valence electrons. The van der Waals surface area contributed by atoms with Crippen LogP contribution in [0.4, 0.5) is 18.0 Å². The number of thioether (sulfide) groups is 1. The number of benzene rings is 1. The van der Waals surface area contributed by atoms with Crippen molar-refractivity contribution in [2.45, 2.75) is 43.9 Å². The van der Waals surface area contributed by atoms with Crippen LogP contribution in [0.1, 0.15) is 41.6 Å². The fourth-order valence-electron chi connectivity index (χ4n) is 3.45. The van der Waals surface area contributed by atoms with E-state index in [0.717, 1.165) is 41.6 Å². The van der Waals surface area contributed by atoms with Gasteiger partial charge in [-0.2, -0.15) is 13.2 Å². The van der Waals surface area contributed by atoms with Crippen LogP contribution in [0.3, 0.4) is 0 Å². The topological polar surface area (TPSA) is 66.5 Å². The Morgan fingerprint density at radius 1 is 1.15 bits per heavy atom. The lowest BCUT2D eigenvalue weighted by molar-refractivity contribution is -0.138. The fourth-order valence-corrected chi connectivity index (χ4v) is 4.21. The van der Waals surface area contributed by atoms with Crippen LogP contribution < -0.4 is 5.32 Å². The minimum Gasteiger partial charge on any atom is -0.347 e. The van der Waals surface area contributed by atoms with Crippen LogP contribution in [-0.2, 0) is 11.0 Å². The molecule has 3 rings (SSSR count). The summed E-state index contributed by atoms with van der Waals surface area (Å²) in [6.07, 6.45) is -2.04. The Balaban J connectivity index is 1.82. The highest BCUT2D eigenvalue weighted by Gasteiger charge is 2.42. The number of imide groups is 1. The lowest BCUT2D eigenvalue weighted by Crippen LogP contribution is -2.54. The van der Waals surface area contributed by atoms with Crippen LogP contribution in [0, 0.1) is 0 Å². The van der Waals surface area contributed by atoms with Crippen LogP contribution in [0.25, 0.3) is 0 Å². The molecule has 26 heavy (non-hydrogen) atoms. The molecule has 0 unspecified atom stereocenters. The zero-order chi connectivity index (χ0) is 18.9. The maximum atomic E-state index is 13.1. The summed E-state index contributed by atoms with van der Waals surface area (Å²) in [5.74, 6) is -1.10. The summed E-state index contributed by atoms with van der Waals surface area (Å²) in [5.41, 5.74) is -1.47. The van der Waals surface area contributed by atoms with Crippen molar-refractivity contribution in [3.63, 3.8) is 0 Å². The van der Waals surface area contributed by atoms with Crippen molar-refractivity contribution in [1.82, 2.24) is 10.2 Å². The fraction of sp³-hybridized carbons (Fsp3) is 0.471. The third-order valence-electron chi connectivity index (χ3n) is 4.64. The maximum absolute atomic E-state index is 13.1.